The van der Waals surface area contributed by atoms with E-state index in [9.17, 15) is 4.79 Å². The molecule has 0 fully saturated rings. The van der Waals surface area contributed by atoms with E-state index in [1.54, 1.807) is 0 Å². The molecule has 0 heterocycles. The first-order chi connectivity index (χ1) is 9.65. The fraction of sp³-hybridized carbons (Fsp3) is 0.188. The predicted molar refractivity (Wildman–Crippen MR) is 84.4 cm³/mol. The first-order valence-electron chi connectivity index (χ1n) is 6.49. The average Bonchev–Trinajstić information content (AvgIpc) is 2.46. The van der Waals surface area contributed by atoms with Gasteiger partial charge in [-0.1, -0.05) is 58.4 Å². The van der Waals surface area contributed by atoms with Crippen molar-refractivity contribution in [2.24, 2.45) is 0 Å². The van der Waals surface area contributed by atoms with Crippen LogP contribution in [0.2, 0.25) is 0 Å². The molecule has 2 rings (SSSR count). The summed E-state index contributed by atoms with van der Waals surface area (Å²) in [4.78, 5) is 11.9. The average molecular weight is 333 g/mol. The molecular weight excluding hydrogens is 316 g/mol. The highest BCUT2D eigenvalue weighted by atomic mass is 79.9. The molecule has 0 unspecified atom stereocenters. The van der Waals surface area contributed by atoms with Gasteiger partial charge in [0.25, 0.3) is 0 Å². The van der Waals surface area contributed by atoms with Gasteiger partial charge in [0.2, 0.25) is 0 Å². The van der Waals surface area contributed by atoms with Gasteiger partial charge in [0.15, 0.2) is 0 Å². The normalized spacial score (nSPS) is 11.7. The minimum absolute atomic E-state index is 0.0386. The zero-order valence-electron chi connectivity index (χ0n) is 11.3. The lowest BCUT2D eigenvalue weighted by Gasteiger charge is -2.15. The van der Waals surface area contributed by atoms with Gasteiger partial charge >= 0.3 is 6.03 Å². The van der Waals surface area contributed by atoms with Gasteiger partial charge in [0, 0.05) is 11.0 Å². The van der Waals surface area contributed by atoms with Gasteiger partial charge in [0.05, 0.1) is 6.04 Å². The standard InChI is InChI=1S/C16H17BrN2O/c1-12(14-8-5-9-15(17)10-14)19-16(20)18-11-13-6-3-2-4-7-13/h2-10,12H,11H2,1H3,(H2,18,19,20)/t12-/m1/s1. The third-order valence-corrected chi connectivity index (χ3v) is 3.49. The molecular formula is C16H17BrN2O. The van der Waals surface area contributed by atoms with Gasteiger partial charge in [-0.3, -0.25) is 0 Å². The summed E-state index contributed by atoms with van der Waals surface area (Å²) in [5.41, 5.74) is 2.15. The fourth-order valence-electron chi connectivity index (χ4n) is 1.89. The maximum Gasteiger partial charge on any atom is 0.315 e. The van der Waals surface area contributed by atoms with Gasteiger partial charge in [0.1, 0.15) is 0 Å². The molecule has 20 heavy (non-hydrogen) atoms. The van der Waals surface area contributed by atoms with Gasteiger partial charge in [-0.05, 0) is 30.2 Å². The Morgan fingerprint density at radius 1 is 1.15 bits per heavy atom. The predicted octanol–water partition coefficient (Wildman–Crippen LogP) is 4.01. The highest BCUT2D eigenvalue weighted by molar-refractivity contribution is 9.10. The molecule has 0 radical (unpaired) electrons. The van der Waals surface area contributed by atoms with Crippen molar-refractivity contribution < 1.29 is 4.79 Å². The number of amides is 2. The molecule has 2 aromatic carbocycles. The number of urea groups is 1. The topological polar surface area (TPSA) is 41.1 Å². The molecule has 2 aromatic rings. The van der Waals surface area contributed by atoms with E-state index in [2.05, 4.69) is 26.6 Å². The van der Waals surface area contributed by atoms with Crippen LogP contribution >= 0.6 is 15.9 Å². The van der Waals surface area contributed by atoms with Crippen LogP contribution in [0.3, 0.4) is 0 Å². The number of nitrogens with one attached hydrogen (secondary N) is 2. The van der Waals surface area contributed by atoms with Crippen LogP contribution < -0.4 is 10.6 Å². The van der Waals surface area contributed by atoms with Crippen molar-refractivity contribution in [3.63, 3.8) is 0 Å². The molecule has 1 atom stereocenters. The van der Waals surface area contributed by atoms with Crippen molar-refractivity contribution in [2.75, 3.05) is 0 Å². The summed E-state index contributed by atoms with van der Waals surface area (Å²) in [6.07, 6.45) is 0. The summed E-state index contributed by atoms with van der Waals surface area (Å²) in [6.45, 7) is 2.49. The molecule has 2 amide bonds. The van der Waals surface area contributed by atoms with E-state index < -0.39 is 0 Å². The highest BCUT2D eigenvalue weighted by Gasteiger charge is 2.09. The molecule has 0 aliphatic carbocycles. The summed E-state index contributed by atoms with van der Waals surface area (Å²) in [7, 11) is 0. The molecule has 0 aliphatic heterocycles. The molecule has 4 heteroatoms. The third-order valence-electron chi connectivity index (χ3n) is 2.99. The Labute approximate surface area is 127 Å². The summed E-state index contributed by atoms with van der Waals surface area (Å²) < 4.78 is 1.01. The van der Waals surface area contributed by atoms with E-state index in [-0.39, 0.29) is 12.1 Å². The minimum Gasteiger partial charge on any atom is -0.334 e. The largest absolute Gasteiger partial charge is 0.334 e. The van der Waals surface area contributed by atoms with Crippen molar-refractivity contribution in [1.82, 2.24) is 10.6 Å². The number of hydrogen-bond donors (Lipinski definition) is 2. The maximum absolute atomic E-state index is 11.9. The highest BCUT2D eigenvalue weighted by Crippen LogP contribution is 2.17. The first kappa shape index (κ1) is 14.6. The third kappa shape index (κ3) is 4.38. The van der Waals surface area contributed by atoms with Crippen molar-refractivity contribution in [3.05, 3.63) is 70.2 Å². The smallest absolute Gasteiger partial charge is 0.315 e. The van der Waals surface area contributed by atoms with Crippen LogP contribution in [0.1, 0.15) is 24.1 Å². The summed E-state index contributed by atoms with van der Waals surface area (Å²) >= 11 is 3.43. The van der Waals surface area contributed by atoms with Crippen LogP contribution in [0.5, 0.6) is 0 Å². The van der Waals surface area contributed by atoms with Gasteiger partial charge in [-0.15, -0.1) is 0 Å². The zero-order chi connectivity index (χ0) is 14.4. The first-order valence-corrected chi connectivity index (χ1v) is 7.28. The maximum atomic E-state index is 11.9. The summed E-state index contributed by atoms with van der Waals surface area (Å²) in [6, 6.07) is 17.6. The van der Waals surface area contributed by atoms with E-state index in [0.717, 1.165) is 15.6 Å². The lowest BCUT2D eigenvalue weighted by Crippen LogP contribution is -2.36. The number of carbonyl (C=O) groups excluding carboxylic acids is 1. The summed E-state index contributed by atoms with van der Waals surface area (Å²) in [5, 5.41) is 5.78. The lowest BCUT2D eigenvalue weighted by atomic mass is 10.1. The quantitative estimate of drug-likeness (QED) is 0.872. The number of halogens is 1. The van der Waals surface area contributed by atoms with Crippen LogP contribution in [0.4, 0.5) is 4.79 Å². The number of carbonyl (C=O) groups is 1. The van der Waals surface area contributed by atoms with E-state index in [4.69, 9.17) is 0 Å². The number of hydrogen-bond acceptors (Lipinski definition) is 1. The van der Waals surface area contributed by atoms with E-state index in [1.807, 2.05) is 61.5 Å². The van der Waals surface area contributed by atoms with E-state index in [1.165, 1.54) is 0 Å². The van der Waals surface area contributed by atoms with Gasteiger partial charge in [-0.2, -0.15) is 0 Å². The van der Waals surface area contributed by atoms with Crippen LogP contribution in [-0.4, -0.2) is 6.03 Å². The van der Waals surface area contributed by atoms with Crippen LogP contribution in [0.25, 0.3) is 0 Å². The lowest BCUT2D eigenvalue weighted by molar-refractivity contribution is 0.237. The molecule has 3 nitrogen and oxygen atoms in total. The Kier molecular flexibility index (Phi) is 5.18. The van der Waals surface area contributed by atoms with Crippen LogP contribution in [0.15, 0.2) is 59.1 Å². The van der Waals surface area contributed by atoms with Crippen molar-refractivity contribution >= 4 is 22.0 Å². The Hall–Kier alpha value is -1.81. The monoisotopic (exact) mass is 332 g/mol. The second-order valence-corrected chi connectivity index (χ2v) is 5.50. The second-order valence-electron chi connectivity index (χ2n) is 4.59. The van der Waals surface area contributed by atoms with Crippen LogP contribution in [-0.2, 0) is 6.54 Å². The van der Waals surface area contributed by atoms with Crippen molar-refractivity contribution in [3.8, 4) is 0 Å². The Balaban J connectivity index is 1.85. The molecule has 0 aliphatic rings. The summed E-state index contributed by atoms with van der Waals surface area (Å²) in [5.74, 6) is 0. The van der Waals surface area contributed by atoms with E-state index in [0.29, 0.717) is 6.54 Å². The fourth-order valence-corrected chi connectivity index (χ4v) is 2.30. The zero-order valence-corrected chi connectivity index (χ0v) is 12.9. The molecule has 2 N–H and O–H groups in total. The minimum atomic E-state index is -0.165. The Morgan fingerprint density at radius 2 is 1.90 bits per heavy atom. The number of rotatable bonds is 4. The van der Waals surface area contributed by atoms with Crippen molar-refractivity contribution in [1.29, 1.82) is 0 Å². The van der Waals surface area contributed by atoms with Crippen molar-refractivity contribution in [2.45, 2.75) is 19.5 Å². The van der Waals surface area contributed by atoms with Crippen LogP contribution in [0, 0.1) is 0 Å². The van der Waals surface area contributed by atoms with E-state index >= 15 is 0 Å². The molecule has 0 aromatic heterocycles. The second kappa shape index (κ2) is 7.10. The molecule has 104 valence electrons. The van der Waals surface area contributed by atoms with Gasteiger partial charge < -0.3 is 10.6 Å². The van der Waals surface area contributed by atoms with Gasteiger partial charge in [-0.25, -0.2) is 4.79 Å². The molecule has 0 saturated carbocycles. The molecule has 0 bridgehead atoms. The SMILES string of the molecule is C[C@@H](NC(=O)NCc1ccccc1)c1cccc(Br)c1. The Morgan fingerprint density at radius 3 is 2.60 bits per heavy atom. The molecule has 0 saturated heterocycles. The Bertz CT molecular complexity index is 572. The molecule has 0 spiro atoms. The number of benzene rings is 2.